The fourth-order valence-electron chi connectivity index (χ4n) is 10.1. The number of hydrogen-bond donors (Lipinski definition) is 0. The molecule has 0 aliphatic heterocycles. The van der Waals surface area contributed by atoms with E-state index in [4.69, 9.17) is 9.97 Å². The largest absolute Gasteiger partial charge is 0.309 e. The summed E-state index contributed by atoms with van der Waals surface area (Å²) in [6, 6.07) is 59.5. The topological polar surface area (TPSA) is 39.5 Å². The number of rotatable bonds is 2. The second-order valence-electron chi connectivity index (χ2n) is 14.9. The molecular weight excluding hydrogens is 671 g/mol. The number of hydrogen-bond acceptors (Lipinski definition) is 2. The predicted molar refractivity (Wildman–Crippen MR) is 229 cm³/mol. The van der Waals surface area contributed by atoms with Crippen molar-refractivity contribution >= 4 is 109 Å². The maximum absolute atomic E-state index is 5.66. The van der Waals surface area contributed by atoms with E-state index in [2.05, 4.69) is 177 Å². The Balaban J connectivity index is 1.12. The van der Waals surface area contributed by atoms with Gasteiger partial charge in [-0.3, -0.25) is 8.80 Å². The van der Waals surface area contributed by atoms with Gasteiger partial charge >= 0.3 is 0 Å². The summed E-state index contributed by atoms with van der Waals surface area (Å²) in [6.07, 6.45) is 0. The first-order valence-electron chi connectivity index (χ1n) is 18.9. The van der Waals surface area contributed by atoms with Crippen LogP contribution in [0.3, 0.4) is 0 Å². The van der Waals surface area contributed by atoms with E-state index in [0.29, 0.717) is 0 Å². The standard InChI is InChI=1S/C50H27N5/c1-2-13-30(14-3-1)53-40-22-8-6-16-33(40)38-26-29(24-25-42(38)53)32-18-10-19-34-35-20-11-21-37-44-50(55(46(32)34)47(35)37)52-45-39-27-28-12-4-5-15-31(28)43-36-17-7-9-23-41(36)54(48(39)43)49(45)51-44/h1-27H. The molecule has 0 atom stereocenters. The second kappa shape index (κ2) is 9.72. The zero-order valence-electron chi connectivity index (χ0n) is 29.3. The molecule has 0 aliphatic rings. The summed E-state index contributed by atoms with van der Waals surface area (Å²) in [7, 11) is 0. The van der Waals surface area contributed by atoms with Crippen molar-refractivity contribution in [2.24, 2.45) is 0 Å². The Morgan fingerprint density at radius 3 is 1.87 bits per heavy atom. The quantitative estimate of drug-likeness (QED) is 0.180. The smallest absolute Gasteiger partial charge is 0.165 e. The van der Waals surface area contributed by atoms with Gasteiger partial charge in [0.2, 0.25) is 0 Å². The molecule has 14 rings (SSSR count). The zero-order chi connectivity index (χ0) is 35.5. The number of fused-ring (bicyclic) bond motifs is 17. The maximum Gasteiger partial charge on any atom is 0.165 e. The predicted octanol–water partition coefficient (Wildman–Crippen LogP) is 12.7. The summed E-state index contributed by atoms with van der Waals surface area (Å²) in [4.78, 5) is 11.3. The molecule has 6 aromatic heterocycles. The monoisotopic (exact) mass is 697 g/mol. The van der Waals surface area contributed by atoms with Crippen molar-refractivity contribution in [2.75, 3.05) is 0 Å². The number of aromatic nitrogens is 5. The van der Waals surface area contributed by atoms with Crippen LogP contribution < -0.4 is 0 Å². The molecule has 55 heavy (non-hydrogen) atoms. The minimum atomic E-state index is 0.894. The van der Waals surface area contributed by atoms with Gasteiger partial charge in [-0.05, 0) is 58.8 Å². The normalized spacial score (nSPS) is 12.7. The van der Waals surface area contributed by atoms with E-state index in [1.807, 2.05) is 0 Å². The van der Waals surface area contributed by atoms with Crippen molar-refractivity contribution in [2.45, 2.75) is 0 Å². The van der Waals surface area contributed by atoms with Gasteiger partial charge in [0, 0.05) is 54.3 Å². The summed E-state index contributed by atoms with van der Waals surface area (Å²) in [6.45, 7) is 0. The van der Waals surface area contributed by atoms with E-state index in [9.17, 15) is 0 Å². The van der Waals surface area contributed by atoms with Gasteiger partial charge in [-0.2, -0.15) is 0 Å². The van der Waals surface area contributed by atoms with E-state index in [-0.39, 0.29) is 0 Å². The molecule has 0 spiro atoms. The SMILES string of the molecule is c1ccc(-n2c3ccccc3c3cc(-c4cccc5c6cccc7c8nc9c(nc8n(c45)c67)c4cc5ccccc5c5c6ccccc6n9c45)ccc32)cc1. The van der Waals surface area contributed by atoms with Crippen LogP contribution >= 0.6 is 0 Å². The Kier molecular flexibility index (Phi) is 4.96. The van der Waals surface area contributed by atoms with E-state index in [0.717, 1.165) is 49.8 Å². The lowest BCUT2D eigenvalue weighted by Crippen LogP contribution is -1.93. The highest BCUT2D eigenvalue weighted by Gasteiger charge is 2.26. The van der Waals surface area contributed by atoms with Crippen molar-refractivity contribution in [3.63, 3.8) is 0 Å². The molecule has 252 valence electrons. The first-order valence-corrected chi connectivity index (χ1v) is 18.9. The lowest BCUT2D eigenvalue weighted by Gasteiger charge is -2.09. The van der Waals surface area contributed by atoms with Gasteiger partial charge in [0.1, 0.15) is 11.0 Å². The van der Waals surface area contributed by atoms with E-state index >= 15 is 0 Å². The Morgan fingerprint density at radius 1 is 0.364 bits per heavy atom. The maximum atomic E-state index is 5.66. The Hall–Kier alpha value is -7.50. The number of para-hydroxylation sites is 5. The minimum Gasteiger partial charge on any atom is -0.309 e. The summed E-state index contributed by atoms with van der Waals surface area (Å²) >= 11 is 0. The molecule has 8 aromatic carbocycles. The van der Waals surface area contributed by atoms with Crippen LogP contribution in [0.25, 0.3) is 126 Å². The third-order valence-electron chi connectivity index (χ3n) is 12.3. The van der Waals surface area contributed by atoms with Gasteiger partial charge in [0.25, 0.3) is 0 Å². The van der Waals surface area contributed by atoms with Crippen molar-refractivity contribution in [3.05, 3.63) is 164 Å². The molecule has 0 amide bonds. The molecule has 0 unspecified atom stereocenters. The average molecular weight is 698 g/mol. The lowest BCUT2D eigenvalue weighted by molar-refractivity contribution is 1.18. The summed E-state index contributed by atoms with van der Waals surface area (Å²) < 4.78 is 7.13. The van der Waals surface area contributed by atoms with Gasteiger partial charge in [-0.15, -0.1) is 0 Å². The zero-order valence-corrected chi connectivity index (χ0v) is 29.3. The van der Waals surface area contributed by atoms with Crippen molar-refractivity contribution in [1.29, 1.82) is 0 Å². The summed E-state index contributed by atoms with van der Waals surface area (Å²) in [5.74, 6) is 0. The first-order chi connectivity index (χ1) is 27.3. The number of nitrogens with zero attached hydrogens (tertiary/aromatic N) is 5. The van der Waals surface area contributed by atoms with Crippen LogP contribution in [-0.4, -0.2) is 23.3 Å². The molecule has 0 saturated carbocycles. The van der Waals surface area contributed by atoms with Crippen LogP contribution in [0.1, 0.15) is 0 Å². The average Bonchev–Trinajstić information content (AvgIpc) is 4.03. The van der Waals surface area contributed by atoms with E-state index in [1.165, 1.54) is 76.3 Å². The lowest BCUT2D eigenvalue weighted by atomic mass is 9.99. The molecule has 0 saturated heterocycles. The minimum absolute atomic E-state index is 0.894. The molecule has 5 heteroatoms. The van der Waals surface area contributed by atoms with Gasteiger partial charge in [-0.25, -0.2) is 9.97 Å². The van der Waals surface area contributed by atoms with Gasteiger partial charge < -0.3 is 4.57 Å². The van der Waals surface area contributed by atoms with Crippen molar-refractivity contribution < 1.29 is 0 Å². The summed E-state index contributed by atoms with van der Waals surface area (Å²) in [5, 5.41) is 12.2. The molecule has 0 fully saturated rings. The Labute approximate surface area is 312 Å². The molecule has 0 radical (unpaired) electrons. The molecule has 14 aromatic rings. The highest BCUT2D eigenvalue weighted by molar-refractivity contribution is 6.31. The van der Waals surface area contributed by atoms with Crippen LogP contribution in [-0.2, 0) is 0 Å². The van der Waals surface area contributed by atoms with Gasteiger partial charge in [0.05, 0.1) is 33.1 Å². The van der Waals surface area contributed by atoms with E-state index in [1.54, 1.807) is 0 Å². The second-order valence-corrected chi connectivity index (χ2v) is 14.9. The molecular formula is C50H27N5. The summed E-state index contributed by atoms with van der Waals surface area (Å²) in [5.41, 5.74) is 14.3. The number of benzene rings is 8. The Bertz CT molecular complexity index is 3940. The van der Waals surface area contributed by atoms with Gasteiger partial charge in [0.15, 0.2) is 11.3 Å². The highest BCUT2D eigenvalue weighted by atomic mass is 15.1. The van der Waals surface area contributed by atoms with Crippen LogP contribution in [0, 0.1) is 0 Å². The molecule has 6 heterocycles. The molecule has 5 nitrogen and oxygen atoms in total. The van der Waals surface area contributed by atoms with Gasteiger partial charge in [-0.1, -0.05) is 121 Å². The molecule has 0 bridgehead atoms. The first kappa shape index (κ1) is 28.1. The van der Waals surface area contributed by atoms with Crippen LogP contribution in [0.15, 0.2) is 164 Å². The Morgan fingerprint density at radius 2 is 1.00 bits per heavy atom. The fourth-order valence-corrected chi connectivity index (χ4v) is 10.1. The van der Waals surface area contributed by atoms with Crippen molar-refractivity contribution in [3.8, 4) is 16.8 Å². The molecule has 0 N–H and O–H groups in total. The highest BCUT2D eigenvalue weighted by Crippen LogP contribution is 2.46. The van der Waals surface area contributed by atoms with Crippen LogP contribution in [0.5, 0.6) is 0 Å². The fraction of sp³-hybridized carbons (Fsp3) is 0. The van der Waals surface area contributed by atoms with E-state index < -0.39 is 0 Å². The third kappa shape index (κ3) is 3.32. The van der Waals surface area contributed by atoms with Crippen molar-refractivity contribution in [1.82, 2.24) is 23.3 Å². The van der Waals surface area contributed by atoms with Crippen LogP contribution in [0.4, 0.5) is 0 Å². The molecule has 0 aliphatic carbocycles. The van der Waals surface area contributed by atoms with Crippen LogP contribution in [0.2, 0.25) is 0 Å². The third-order valence-corrected chi connectivity index (χ3v) is 12.3.